The van der Waals surface area contributed by atoms with E-state index < -0.39 is 89.7 Å². The van der Waals surface area contributed by atoms with Crippen LogP contribution in [0.4, 0.5) is 5.82 Å². The van der Waals surface area contributed by atoms with Crippen LogP contribution in [0.15, 0.2) is 60.9 Å². The Morgan fingerprint density at radius 3 is 2.21 bits per heavy atom. The molecule has 1 aliphatic rings. The van der Waals surface area contributed by atoms with Crippen LogP contribution in [0.25, 0.3) is 11.2 Å². The van der Waals surface area contributed by atoms with Crippen LogP contribution < -0.4 is 16.4 Å². The highest BCUT2D eigenvalue weighted by molar-refractivity contribution is 8.14. The average molecular weight is 1100 g/mol. The molecule has 0 aliphatic carbocycles. The molecule has 25 nitrogen and oxygen atoms in total. The van der Waals surface area contributed by atoms with Crippen LogP contribution in [-0.2, 0) is 50.7 Å². The lowest BCUT2D eigenvalue weighted by Crippen LogP contribution is -2.46. The summed E-state index contributed by atoms with van der Waals surface area (Å²) < 4.78 is 62.4. The Hall–Kier alpha value is -3.68. The summed E-state index contributed by atoms with van der Waals surface area (Å²) >= 11 is 0.864. The number of anilines is 1. The number of aromatic nitrogens is 4. The van der Waals surface area contributed by atoms with Gasteiger partial charge in [-0.15, -0.1) is 0 Å². The number of nitrogen functional groups attached to an aromatic ring is 1. The highest BCUT2D eigenvalue weighted by Gasteiger charge is 2.50. The fourth-order valence-corrected chi connectivity index (χ4v) is 10.3. The number of nitrogens with one attached hydrogen (secondary N) is 2. The van der Waals surface area contributed by atoms with Crippen molar-refractivity contribution >= 4 is 69.1 Å². The number of aliphatic hydroxyl groups is 3. The number of amides is 2. The first kappa shape index (κ1) is 62.6. The number of rotatable bonds is 35. The zero-order valence-electron chi connectivity index (χ0n) is 40.5. The van der Waals surface area contributed by atoms with Gasteiger partial charge in [-0.25, -0.2) is 28.6 Å². The summed E-state index contributed by atoms with van der Waals surface area (Å²) in [5.41, 5.74) is 4.23. The van der Waals surface area contributed by atoms with Crippen LogP contribution in [0.2, 0.25) is 0 Å². The zero-order chi connectivity index (χ0) is 53.4. The number of thioether (sulfide) groups is 1. The van der Waals surface area contributed by atoms with Gasteiger partial charge in [0.2, 0.25) is 16.9 Å². The minimum atomic E-state index is -5.60. The van der Waals surface area contributed by atoms with Crippen molar-refractivity contribution in [3.63, 3.8) is 0 Å². The number of nitrogens with zero attached hydrogens (tertiary/aromatic N) is 4. The highest BCUT2D eigenvalue weighted by Crippen LogP contribution is 2.61. The van der Waals surface area contributed by atoms with E-state index in [1.165, 1.54) is 84.1 Å². The van der Waals surface area contributed by atoms with E-state index in [1.807, 2.05) is 12.2 Å². The molecule has 7 atom stereocenters. The molecule has 0 radical (unpaired) electrons. The predicted molar refractivity (Wildman–Crippen MR) is 266 cm³/mol. The van der Waals surface area contributed by atoms with Gasteiger partial charge >= 0.3 is 23.5 Å². The second kappa shape index (κ2) is 31.3. The number of allylic oxidation sites excluding steroid dienone is 6. The summed E-state index contributed by atoms with van der Waals surface area (Å²) in [5, 5.41) is 36.1. The van der Waals surface area contributed by atoms with Gasteiger partial charge in [-0.2, -0.15) is 4.31 Å². The second-order valence-electron chi connectivity index (χ2n) is 17.3. The Morgan fingerprint density at radius 1 is 0.903 bits per heavy atom. The molecule has 406 valence electrons. The van der Waals surface area contributed by atoms with Crippen molar-refractivity contribution < 1.29 is 85.6 Å². The summed E-state index contributed by atoms with van der Waals surface area (Å²) in [6, 6.07) is 0. The number of fused-ring (bicyclic) bond motifs is 1. The molecule has 3 heterocycles. The number of imidazole rings is 1. The van der Waals surface area contributed by atoms with Gasteiger partial charge in [0.15, 0.2) is 17.7 Å². The van der Waals surface area contributed by atoms with Crippen molar-refractivity contribution in [1.82, 2.24) is 30.2 Å². The van der Waals surface area contributed by atoms with E-state index in [0.717, 1.165) is 47.9 Å². The fourth-order valence-electron chi connectivity index (χ4n) is 6.88. The average Bonchev–Trinajstić information content (AvgIpc) is 3.86. The molecule has 2 aromatic heterocycles. The Labute approximate surface area is 422 Å². The van der Waals surface area contributed by atoms with E-state index in [1.54, 1.807) is 12.2 Å². The molecular weight excluding hydrogens is 1030 g/mol. The van der Waals surface area contributed by atoms with Crippen LogP contribution in [0, 0.1) is 5.41 Å². The van der Waals surface area contributed by atoms with Crippen LogP contribution in [-0.4, -0.2) is 128 Å². The number of hydrogen-bond donors (Lipinski definition) is 10. The third-order valence-electron chi connectivity index (χ3n) is 10.7. The number of phosphoric acid groups is 3. The van der Waals surface area contributed by atoms with Crippen LogP contribution in [0.1, 0.15) is 110 Å². The highest BCUT2D eigenvalue weighted by atomic mass is 32.2. The first-order valence-electron chi connectivity index (χ1n) is 23.4. The fraction of sp³-hybridized carbons (Fsp3) is 0.628. The molecule has 1 saturated heterocycles. The SMILES string of the molecule is CCCCCCCCCCCCCC=CC=CC=CC(O)=CC(=O)SCCNC(=O)CCNC(=O)[C@H](O)C(C)(C)COP(=O)(O)OP(=O)(O)OC[C@H]1O[C@@H](n2cnc3c(N)ncnc32)[C@H](O)[C@@H]1OP(=O)(O)O. The molecule has 2 unspecified atom stereocenters. The van der Waals surface area contributed by atoms with Gasteiger partial charge in [-0.1, -0.05) is 127 Å². The molecule has 72 heavy (non-hydrogen) atoms. The Balaban J connectivity index is 1.31. The third kappa shape index (κ3) is 23.7. The van der Waals surface area contributed by atoms with E-state index in [2.05, 4.69) is 47.4 Å². The zero-order valence-corrected chi connectivity index (χ0v) is 44.0. The molecule has 2 aromatic rings. The number of phosphoric ester groups is 3. The van der Waals surface area contributed by atoms with Crippen molar-refractivity contribution in [3.8, 4) is 0 Å². The number of unbranched alkanes of at least 4 members (excludes halogenated alkanes) is 11. The van der Waals surface area contributed by atoms with Crippen molar-refractivity contribution in [3.05, 3.63) is 60.9 Å². The van der Waals surface area contributed by atoms with Gasteiger partial charge in [-0.05, 0) is 18.9 Å². The van der Waals surface area contributed by atoms with E-state index in [9.17, 15) is 63.0 Å². The molecule has 2 amide bonds. The first-order chi connectivity index (χ1) is 33.9. The summed E-state index contributed by atoms with van der Waals surface area (Å²) in [4.78, 5) is 88.4. The van der Waals surface area contributed by atoms with E-state index >= 15 is 0 Å². The van der Waals surface area contributed by atoms with Gasteiger partial charge in [0.25, 0.3) is 0 Å². The number of nitrogens with two attached hydrogens (primary N) is 1. The summed E-state index contributed by atoms with van der Waals surface area (Å²) in [7, 11) is -16.5. The van der Waals surface area contributed by atoms with Crippen molar-refractivity contribution in [2.75, 3.05) is 37.8 Å². The number of hydrogen-bond acceptors (Lipinski definition) is 19. The normalized spacial score (nSPS) is 20.1. The first-order valence-corrected chi connectivity index (χ1v) is 28.9. The van der Waals surface area contributed by atoms with E-state index in [-0.39, 0.29) is 48.0 Å². The minimum Gasteiger partial charge on any atom is -0.508 e. The van der Waals surface area contributed by atoms with Crippen molar-refractivity contribution in [2.45, 2.75) is 135 Å². The van der Waals surface area contributed by atoms with E-state index in [0.29, 0.717) is 0 Å². The predicted octanol–water partition coefficient (Wildman–Crippen LogP) is 5.48. The minimum absolute atomic E-state index is 0.0239. The van der Waals surface area contributed by atoms with Gasteiger partial charge in [0.05, 0.1) is 19.5 Å². The maximum Gasteiger partial charge on any atom is 0.481 e. The molecule has 11 N–H and O–H groups in total. The Morgan fingerprint density at radius 2 is 1.54 bits per heavy atom. The molecule has 0 aromatic carbocycles. The maximum atomic E-state index is 12.8. The summed E-state index contributed by atoms with van der Waals surface area (Å²) in [6.07, 6.45) is 19.9. The largest absolute Gasteiger partial charge is 0.508 e. The van der Waals surface area contributed by atoms with Gasteiger partial charge in [-0.3, -0.25) is 32.5 Å². The number of carbonyl (C=O) groups excluding carboxylic acids is 3. The monoisotopic (exact) mass is 1100 g/mol. The quantitative estimate of drug-likeness (QED) is 0.0134. The molecule has 1 fully saturated rings. The Bertz CT molecular complexity index is 2310. The second-order valence-corrected chi connectivity index (χ2v) is 22.6. The number of carbonyl (C=O) groups is 3. The van der Waals surface area contributed by atoms with Crippen LogP contribution >= 0.6 is 35.2 Å². The lowest BCUT2D eigenvalue weighted by Gasteiger charge is -2.30. The Kier molecular flexibility index (Phi) is 27.2. The molecule has 0 spiro atoms. The standard InChI is InChI=1S/C43H70N7O18P3S/c1-4-5-6-7-8-9-10-11-12-13-14-15-16-17-18-19-20-21-31(51)26-34(53)72-25-24-45-33(52)22-23-46-41(56)38(55)43(2,3)28-65-71(62,63)68-70(60,61)64-27-32-37(67-69(57,58)59)36(54)42(66-32)50-30-49-35-39(44)47-29-48-40(35)50/h16-21,26,29-30,32,36-38,42,51,54-55H,4-15,22-25,27-28H2,1-3H3,(H,45,52)(H,46,56)(H,60,61)(H,62,63)(H2,44,47,48)(H2,57,58,59)/t32-,36-,37-,38+,42-/m1/s1. The summed E-state index contributed by atoms with van der Waals surface area (Å²) in [6.45, 7) is 2.51. The van der Waals surface area contributed by atoms with Crippen molar-refractivity contribution in [2.24, 2.45) is 5.41 Å². The lowest BCUT2D eigenvalue weighted by atomic mass is 9.87. The number of aliphatic hydroxyl groups excluding tert-OH is 3. The topological polar surface area (TPSA) is 384 Å². The molecule has 3 rings (SSSR count). The summed E-state index contributed by atoms with van der Waals surface area (Å²) in [5.74, 6) is -1.60. The van der Waals surface area contributed by atoms with Gasteiger partial charge < -0.3 is 56.0 Å². The van der Waals surface area contributed by atoms with E-state index in [4.69, 9.17) is 19.5 Å². The molecule has 0 bridgehead atoms. The number of ether oxygens (including phenoxy) is 1. The smallest absolute Gasteiger partial charge is 0.481 e. The van der Waals surface area contributed by atoms with Crippen molar-refractivity contribution in [1.29, 1.82) is 0 Å². The maximum absolute atomic E-state index is 12.8. The molecular formula is C43H70N7O18P3S. The third-order valence-corrected chi connectivity index (χ3v) is 14.6. The van der Waals surface area contributed by atoms with Gasteiger partial charge in [0, 0.05) is 36.8 Å². The van der Waals surface area contributed by atoms with Gasteiger partial charge in [0.1, 0.15) is 42.0 Å². The van der Waals surface area contributed by atoms with Crippen LogP contribution in [0.5, 0.6) is 0 Å². The molecule has 0 saturated carbocycles. The molecule has 29 heteroatoms. The van der Waals surface area contributed by atoms with Crippen LogP contribution in [0.3, 0.4) is 0 Å². The molecule has 1 aliphatic heterocycles. The lowest BCUT2D eigenvalue weighted by molar-refractivity contribution is -0.137.